The predicted molar refractivity (Wildman–Crippen MR) is 66.6 cm³/mol. The molecule has 1 aromatic carbocycles. The largest absolute Gasteiger partial charge is 0.299 e. The highest BCUT2D eigenvalue weighted by Gasteiger charge is 2.20. The fraction of sp³-hybridized carbons (Fsp3) is 0.364. The molecule has 1 aromatic rings. The van der Waals surface area contributed by atoms with Crippen molar-refractivity contribution in [2.24, 2.45) is 0 Å². The number of nitriles is 1. The third-order valence-electron chi connectivity index (χ3n) is 1.73. The Balaban J connectivity index is 2.96. The van der Waals surface area contributed by atoms with E-state index in [2.05, 4.69) is 9.44 Å². The summed E-state index contributed by atoms with van der Waals surface area (Å²) in [5, 5.41) is 8.84. The highest BCUT2D eigenvalue weighted by atomic mass is 32.2. The molecule has 5 nitrogen and oxygen atoms in total. The van der Waals surface area contributed by atoms with E-state index in [-0.39, 0.29) is 11.3 Å². The molecular formula is C11H15N3O2S. The molecule has 0 atom stereocenters. The van der Waals surface area contributed by atoms with Gasteiger partial charge in [0, 0.05) is 5.54 Å². The van der Waals surface area contributed by atoms with Gasteiger partial charge in [-0.05, 0) is 32.9 Å². The van der Waals surface area contributed by atoms with Gasteiger partial charge in [0.1, 0.15) is 6.07 Å². The first-order valence-electron chi connectivity index (χ1n) is 5.04. The summed E-state index contributed by atoms with van der Waals surface area (Å²) < 4.78 is 28.3. The van der Waals surface area contributed by atoms with Gasteiger partial charge >= 0.3 is 0 Å². The lowest BCUT2D eigenvalue weighted by molar-refractivity contribution is 0.494. The van der Waals surface area contributed by atoms with Crippen LogP contribution in [0.1, 0.15) is 26.3 Å². The third-order valence-corrected chi connectivity index (χ3v) is 3.10. The Labute approximate surface area is 102 Å². The molecule has 0 heterocycles. The highest BCUT2D eigenvalue weighted by Crippen LogP contribution is 2.15. The number of nitrogens with one attached hydrogen (secondary N) is 2. The summed E-state index contributed by atoms with van der Waals surface area (Å²) in [7, 11) is -3.68. The summed E-state index contributed by atoms with van der Waals surface area (Å²) in [5.41, 5.74) is -0.0218. The van der Waals surface area contributed by atoms with Crippen molar-refractivity contribution in [2.75, 3.05) is 4.72 Å². The summed E-state index contributed by atoms with van der Waals surface area (Å²) in [6, 6.07) is 8.36. The Hall–Kier alpha value is -1.58. The fourth-order valence-corrected chi connectivity index (χ4v) is 2.57. The van der Waals surface area contributed by atoms with Gasteiger partial charge in [0.15, 0.2) is 0 Å². The van der Waals surface area contributed by atoms with Crippen LogP contribution < -0.4 is 9.44 Å². The minimum absolute atomic E-state index is 0.270. The Morgan fingerprint density at radius 3 is 2.35 bits per heavy atom. The van der Waals surface area contributed by atoms with Gasteiger partial charge in [-0.2, -0.15) is 18.4 Å². The molecule has 0 unspecified atom stereocenters. The third kappa shape index (κ3) is 4.43. The summed E-state index contributed by atoms with van der Waals surface area (Å²) in [5.74, 6) is 0. The van der Waals surface area contributed by atoms with Crippen molar-refractivity contribution < 1.29 is 8.42 Å². The molecule has 0 aromatic heterocycles. The molecule has 0 aliphatic heterocycles. The van der Waals surface area contributed by atoms with Gasteiger partial charge in [-0.1, -0.05) is 12.1 Å². The van der Waals surface area contributed by atoms with E-state index >= 15 is 0 Å². The van der Waals surface area contributed by atoms with Crippen LogP contribution in [0.25, 0.3) is 0 Å². The Kier molecular flexibility index (Phi) is 3.76. The molecule has 0 fully saturated rings. The first-order valence-corrected chi connectivity index (χ1v) is 6.53. The highest BCUT2D eigenvalue weighted by molar-refractivity contribution is 7.90. The minimum Gasteiger partial charge on any atom is -0.270 e. The smallest absolute Gasteiger partial charge is 0.270 e. The zero-order valence-electron chi connectivity index (χ0n) is 9.98. The van der Waals surface area contributed by atoms with E-state index in [1.807, 2.05) is 6.07 Å². The maximum atomic E-state index is 11.8. The van der Waals surface area contributed by atoms with E-state index in [1.165, 1.54) is 0 Å². The number of rotatable bonds is 3. The van der Waals surface area contributed by atoms with E-state index < -0.39 is 15.7 Å². The summed E-state index contributed by atoms with van der Waals surface area (Å²) in [4.78, 5) is 0. The van der Waals surface area contributed by atoms with Crippen LogP contribution >= 0.6 is 0 Å². The number of para-hydroxylation sites is 1. The van der Waals surface area contributed by atoms with Gasteiger partial charge in [0.05, 0.1) is 11.3 Å². The lowest BCUT2D eigenvalue weighted by Gasteiger charge is -2.21. The molecular weight excluding hydrogens is 238 g/mol. The van der Waals surface area contributed by atoms with Crippen LogP contribution in [0.15, 0.2) is 24.3 Å². The molecule has 0 bridgehead atoms. The average Bonchev–Trinajstić information content (AvgIpc) is 2.14. The maximum absolute atomic E-state index is 11.8. The molecule has 0 radical (unpaired) electrons. The second-order valence-electron chi connectivity index (χ2n) is 4.61. The van der Waals surface area contributed by atoms with Crippen molar-refractivity contribution >= 4 is 15.9 Å². The Morgan fingerprint density at radius 2 is 1.82 bits per heavy atom. The first kappa shape index (κ1) is 13.5. The van der Waals surface area contributed by atoms with E-state index in [9.17, 15) is 8.42 Å². The first-order chi connectivity index (χ1) is 7.73. The number of hydrogen-bond donors (Lipinski definition) is 2. The molecule has 0 saturated carbocycles. The topological polar surface area (TPSA) is 82.0 Å². The second kappa shape index (κ2) is 4.73. The van der Waals surface area contributed by atoms with E-state index in [0.717, 1.165) is 0 Å². The number of benzene rings is 1. The summed E-state index contributed by atoms with van der Waals surface area (Å²) >= 11 is 0. The van der Waals surface area contributed by atoms with Gasteiger partial charge in [0.2, 0.25) is 0 Å². The molecule has 0 amide bonds. The number of anilines is 1. The van der Waals surface area contributed by atoms with Crippen molar-refractivity contribution in [1.82, 2.24) is 4.72 Å². The van der Waals surface area contributed by atoms with Crippen molar-refractivity contribution in [3.8, 4) is 6.07 Å². The lowest BCUT2D eigenvalue weighted by Crippen LogP contribution is -2.43. The van der Waals surface area contributed by atoms with E-state index in [0.29, 0.717) is 0 Å². The van der Waals surface area contributed by atoms with Gasteiger partial charge in [-0.15, -0.1) is 0 Å². The second-order valence-corrected chi connectivity index (χ2v) is 6.03. The SMILES string of the molecule is CC(C)(C)NS(=O)(=O)Nc1ccccc1C#N. The molecule has 92 valence electrons. The van der Waals surface area contributed by atoms with Gasteiger partial charge in [0.25, 0.3) is 10.2 Å². The molecule has 0 aliphatic rings. The zero-order chi connectivity index (χ0) is 13.1. The van der Waals surface area contributed by atoms with E-state index in [1.54, 1.807) is 45.0 Å². The standard InChI is InChI=1S/C11H15N3O2S/c1-11(2,3)14-17(15,16)13-10-7-5-4-6-9(10)8-12/h4-7,13-14H,1-3H3. The fourth-order valence-electron chi connectivity index (χ4n) is 1.24. The van der Waals surface area contributed by atoms with Crippen LogP contribution in [0, 0.1) is 11.3 Å². The van der Waals surface area contributed by atoms with Crippen LogP contribution in [-0.2, 0) is 10.2 Å². The van der Waals surface area contributed by atoms with Crippen molar-refractivity contribution in [1.29, 1.82) is 5.26 Å². The molecule has 2 N–H and O–H groups in total. The molecule has 1 rings (SSSR count). The molecule has 0 aliphatic carbocycles. The van der Waals surface area contributed by atoms with Crippen LogP contribution in [-0.4, -0.2) is 14.0 Å². The van der Waals surface area contributed by atoms with Gasteiger partial charge < -0.3 is 0 Å². The average molecular weight is 253 g/mol. The molecule has 0 saturated heterocycles. The van der Waals surface area contributed by atoms with Crippen LogP contribution in [0.2, 0.25) is 0 Å². The number of hydrogen-bond acceptors (Lipinski definition) is 3. The minimum atomic E-state index is -3.68. The molecule has 0 spiro atoms. The monoisotopic (exact) mass is 253 g/mol. The number of nitrogens with zero attached hydrogens (tertiary/aromatic N) is 1. The lowest BCUT2D eigenvalue weighted by atomic mass is 10.1. The van der Waals surface area contributed by atoms with Crippen molar-refractivity contribution in [3.63, 3.8) is 0 Å². The normalized spacial score (nSPS) is 11.9. The summed E-state index contributed by atoms with van der Waals surface area (Å²) in [6.45, 7) is 5.22. The van der Waals surface area contributed by atoms with Gasteiger partial charge in [-0.25, -0.2) is 0 Å². The quantitative estimate of drug-likeness (QED) is 0.858. The van der Waals surface area contributed by atoms with Crippen LogP contribution in [0.5, 0.6) is 0 Å². The molecule has 6 heteroatoms. The zero-order valence-corrected chi connectivity index (χ0v) is 10.8. The summed E-state index contributed by atoms with van der Waals surface area (Å²) in [6.07, 6.45) is 0. The maximum Gasteiger partial charge on any atom is 0.299 e. The van der Waals surface area contributed by atoms with Crippen LogP contribution in [0.4, 0.5) is 5.69 Å². The predicted octanol–water partition coefficient (Wildman–Crippen LogP) is 1.60. The Morgan fingerprint density at radius 1 is 1.24 bits per heavy atom. The van der Waals surface area contributed by atoms with Crippen molar-refractivity contribution in [2.45, 2.75) is 26.3 Å². The Bertz CT molecular complexity index is 539. The van der Waals surface area contributed by atoms with Crippen LogP contribution in [0.3, 0.4) is 0 Å². The molecule has 17 heavy (non-hydrogen) atoms. The van der Waals surface area contributed by atoms with E-state index in [4.69, 9.17) is 5.26 Å². The van der Waals surface area contributed by atoms with Crippen molar-refractivity contribution in [3.05, 3.63) is 29.8 Å². The van der Waals surface area contributed by atoms with Gasteiger partial charge in [-0.3, -0.25) is 4.72 Å².